The molecule has 8 nitrogen and oxygen atoms in total. The smallest absolute Gasteiger partial charge is 0.260 e. The lowest BCUT2D eigenvalue weighted by atomic mass is 9.49. The highest BCUT2D eigenvalue weighted by Crippen LogP contribution is 2.65. The number of rotatable bonds is 6. The number of hydrazine groups is 1. The number of allylic oxidation sites excluding steroid dienone is 2. The van der Waals surface area contributed by atoms with Crippen LogP contribution in [0.1, 0.15) is 40.3 Å². The fourth-order valence-electron chi connectivity index (χ4n) is 8.69. The van der Waals surface area contributed by atoms with Gasteiger partial charge in [-0.25, -0.2) is 4.39 Å². The third-order valence-electron chi connectivity index (χ3n) is 10.8. The number of aromatic hydroxyl groups is 1. The van der Waals surface area contributed by atoms with E-state index in [1.807, 2.05) is 23.6 Å². The number of carbonyl (C=O) groups excluding carboxylic acids is 4. The molecular formula is C38H31ClFN3O5S. The van der Waals surface area contributed by atoms with Crippen molar-refractivity contribution in [3.63, 3.8) is 0 Å². The zero-order valence-electron chi connectivity index (χ0n) is 26.3. The van der Waals surface area contributed by atoms with Gasteiger partial charge in [0.15, 0.2) is 0 Å². The Balaban J connectivity index is 1.32. The first-order valence-electron chi connectivity index (χ1n) is 16.1. The number of carbonyl (C=O) groups is 4. The standard InChI is InChI=1S/C38H31ClFN3O5S/c1-20-4-2-6-28(33(20)44)32-26-15-16-27-31(36(47)42(34(27)45)19-25-5-3-17-49-25)29(26)18-30-35(46)43(41-24-13-11-23(40)12-14-24)37(48)38(30,32)21-7-9-22(39)10-8-21/h2-15,17,27,29-32,41,44H,16,18-19H2,1H3. The first-order chi connectivity index (χ1) is 23.6. The zero-order valence-corrected chi connectivity index (χ0v) is 27.9. The van der Waals surface area contributed by atoms with Crippen LogP contribution in [0.15, 0.2) is 95.9 Å². The van der Waals surface area contributed by atoms with Crippen molar-refractivity contribution >= 4 is 52.3 Å². The number of imide groups is 2. The Morgan fingerprint density at radius 1 is 0.939 bits per heavy atom. The van der Waals surface area contributed by atoms with E-state index in [1.165, 1.54) is 40.5 Å². The minimum atomic E-state index is -1.56. The van der Waals surface area contributed by atoms with Crippen molar-refractivity contribution < 1.29 is 28.7 Å². The van der Waals surface area contributed by atoms with Gasteiger partial charge in [0, 0.05) is 21.4 Å². The Kier molecular flexibility index (Phi) is 7.49. The van der Waals surface area contributed by atoms with Gasteiger partial charge in [-0.05, 0) is 84.7 Å². The molecule has 2 saturated heterocycles. The lowest BCUT2D eigenvalue weighted by molar-refractivity contribution is -0.141. The summed E-state index contributed by atoms with van der Waals surface area (Å²) < 4.78 is 13.8. The molecule has 1 saturated carbocycles. The Hall–Kier alpha value is -4.80. The predicted molar refractivity (Wildman–Crippen MR) is 182 cm³/mol. The maximum absolute atomic E-state index is 15.2. The summed E-state index contributed by atoms with van der Waals surface area (Å²) in [5.41, 5.74) is 4.03. The number of benzene rings is 3. The van der Waals surface area contributed by atoms with Gasteiger partial charge in [-0.15, -0.1) is 11.3 Å². The molecule has 8 rings (SSSR count). The molecule has 4 amide bonds. The van der Waals surface area contributed by atoms with Gasteiger partial charge in [0.05, 0.1) is 35.4 Å². The molecule has 1 aromatic heterocycles. The number of phenolic OH excluding ortho intramolecular Hbond substituents is 1. The van der Waals surface area contributed by atoms with Crippen molar-refractivity contribution in [3.05, 3.63) is 128 Å². The van der Waals surface area contributed by atoms with E-state index in [-0.39, 0.29) is 37.0 Å². The Bertz CT molecular complexity index is 2050. The Labute approximate surface area is 290 Å². The predicted octanol–water partition coefficient (Wildman–Crippen LogP) is 6.74. The van der Waals surface area contributed by atoms with Gasteiger partial charge < -0.3 is 5.11 Å². The van der Waals surface area contributed by atoms with Gasteiger partial charge in [0.2, 0.25) is 11.8 Å². The average molecular weight is 696 g/mol. The molecule has 6 atom stereocenters. The number of likely N-dealkylation sites (tertiary alicyclic amines) is 1. The zero-order chi connectivity index (χ0) is 34.2. The minimum Gasteiger partial charge on any atom is -0.507 e. The monoisotopic (exact) mass is 695 g/mol. The van der Waals surface area contributed by atoms with Crippen molar-refractivity contribution in [2.75, 3.05) is 5.43 Å². The highest BCUT2D eigenvalue weighted by Gasteiger charge is 2.70. The highest BCUT2D eigenvalue weighted by atomic mass is 35.5. The topological polar surface area (TPSA) is 107 Å². The number of amides is 4. The summed E-state index contributed by atoms with van der Waals surface area (Å²) in [5, 5.41) is 15.0. The first kappa shape index (κ1) is 31.5. The molecular weight excluding hydrogens is 665 g/mol. The van der Waals surface area contributed by atoms with Gasteiger partial charge in [0.25, 0.3) is 11.8 Å². The molecule has 2 N–H and O–H groups in total. The van der Waals surface area contributed by atoms with E-state index in [0.717, 1.165) is 15.5 Å². The number of thiophene rings is 1. The summed E-state index contributed by atoms with van der Waals surface area (Å²) in [6.07, 6.45) is 2.36. The molecule has 2 aliphatic heterocycles. The quantitative estimate of drug-likeness (QED) is 0.171. The fraction of sp³-hybridized carbons (Fsp3) is 0.263. The SMILES string of the molecule is Cc1cccc(C2C3=CCC4C(=O)N(Cc5cccs5)C(=O)C4C3CC3C(=O)N(Nc4ccc(F)cc4)C(=O)C32c2ccc(Cl)cc2)c1O. The van der Waals surface area contributed by atoms with Gasteiger partial charge in [-0.1, -0.05) is 59.6 Å². The van der Waals surface area contributed by atoms with Crippen LogP contribution in [0.4, 0.5) is 10.1 Å². The summed E-state index contributed by atoms with van der Waals surface area (Å²) in [6.45, 7) is 1.94. The molecule has 49 heavy (non-hydrogen) atoms. The first-order valence-corrected chi connectivity index (χ1v) is 17.4. The minimum absolute atomic E-state index is 0.0124. The number of aryl methyl sites for hydroxylation is 1. The van der Waals surface area contributed by atoms with Crippen LogP contribution in [0.5, 0.6) is 5.75 Å². The van der Waals surface area contributed by atoms with E-state index in [2.05, 4.69) is 5.43 Å². The molecule has 3 heterocycles. The van der Waals surface area contributed by atoms with Crippen LogP contribution in [-0.4, -0.2) is 38.6 Å². The number of phenols is 1. The maximum atomic E-state index is 15.2. The van der Waals surface area contributed by atoms with Crippen molar-refractivity contribution in [1.82, 2.24) is 9.91 Å². The van der Waals surface area contributed by atoms with E-state index in [9.17, 15) is 23.9 Å². The van der Waals surface area contributed by atoms with Crippen LogP contribution in [0.3, 0.4) is 0 Å². The van der Waals surface area contributed by atoms with Crippen LogP contribution in [0.2, 0.25) is 5.02 Å². The molecule has 3 fully saturated rings. The number of para-hydroxylation sites is 1. The highest BCUT2D eigenvalue weighted by molar-refractivity contribution is 7.09. The summed E-state index contributed by atoms with van der Waals surface area (Å²) >= 11 is 7.81. The summed E-state index contributed by atoms with van der Waals surface area (Å²) in [5.74, 6) is -5.82. The molecule has 248 valence electrons. The van der Waals surface area contributed by atoms with Gasteiger partial charge in [0.1, 0.15) is 11.6 Å². The maximum Gasteiger partial charge on any atom is 0.260 e. The largest absolute Gasteiger partial charge is 0.507 e. The second-order valence-corrected chi connectivity index (χ2v) is 14.7. The van der Waals surface area contributed by atoms with E-state index >= 15 is 4.79 Å². The lowest BCUT2D eigenvalue weighted by Gasteiger charge is -2.50. The van der Waals surface area contributed by atoms with Crippen LogP contribution in [0.25, 0.3) is 0 Å². The molecule has 11 heteroatoms. The van der Waals surface area contributed by atoms with Crippen LogP contribution >= 0.6 is 22.9 Å². The van der Waals surface area contributed by atoms with Gasteiger partial charge >= 0.3 is 0 Å². The van der Waals surface area contributed by atoms with Crippen molar-refractivity contribution in [2.24, 2.45) is 23.7 Å². The van der Waals surface area contributed by atoms with Crippen molar-refractivity contribution in [3.8, 4) is 5.75 Å². The number of fused-ring (bicyclic) bond motifs is 4. The molecule has 0 bridgehead atoms. The lowest BCUT2D eigenvalue weighted by Crippen LogP contribution is -2.53. The van der Waals surface area contributed by atoms with E-state index in [4.69, 9.17) is 11.6 Å². The summed E-state index contributed by atoms with van der Waals surface area (Å²) in [7, 11) is 0. The Morgan fingerprint density at radius 2 is 1.69 bits per heavy atom. The van der Waals surface area contributed by atoms with E-state index < -0.39 is 52.6 Å². The number of nitrogens with zero attached hydrogens (tertiary/aromatic N) is 2. The van der Waals surface area contributed by atoms with Crippen molar-refractivity contribution in [1.29, 1.82) is 0 Å². The normalized spacial score (nSPS) is 27.6. The van der Waals surface area contributed by atoms with Crippen LogP contribution in [-0.2, 0) is 31.1 Å². The second kappa shape index (κ2) is 11.7. The van der Waals surface area contributed by atoms with Gasteiger partial charge in [-0.3, -0.25) is 29.5 Å². The number of halogens is 2. The van der Waals surface area contributed by atoms with E-state index in [1.54, 1.807) is 49.4 Å². The molecule has 6 unspecified atom stereocenters. The van der Waals surface area contributed by atoms with E-state index in [0.29, 0.717) is 27.4 Å². The second-order valence-electron chi connectivity index (χ2n) is 13.2. The summed E-state index contributed by atoms with van der Waals surface area (Å²) in [6, 6.07) is 21.2. The van der Waals surface area contributed by atoms with Crippen LogP contribution < -0.4 is 5.43 Å². The molecule has 4 aromatic rings. The fourth-order valence-corrected chi connectivity index (χ4v) is 9.51. The molecule has 4 aliphatic rings. The molecule has 2 aliphatic carbocycles. The number of hydrogen-bond donors (Lipinski definition) is 2. The van der Waals surface area contributed by atoms with Crippen LogP contribution in [0, 0.1) is 36.4 Å². The number of nitrogens with one attached hydrogen (secondary N) is 1. The van der Waals surface area contributed by atoms with Gasteiger partial charge in [-0.2, -0.15) is 5.01 Å². The average Bonchev–Trinajstić information content (AvgIpc) is 3.76. The summed E-state index contributed by atoms with van der Waals surface area (Å²) in [4.78, 5) is 60.1. The molecule has 0 spiro atoms. The Morgan fingerprint density at radius 3 is 2.41 bits per heavy atom. The molecule has 3 aromatic carbocycles. The number of anilines is 1. The van der Waals surface area contributed by atoms with Crippen molar-refractivity contribution in [2.45, 2.75) is 37.6 Å². The third kappa shape index (κ3) is 4.68. The number of hydrogen-bond acceptors (Lipinski definition) is 7. The molecule has 0 radical (unpaired) electrons. The third-order valence-corrected chi connectivity index (χ3v) is 11.9.